The van der Waals surface area contributed by atoms with Crippen LogP contribution in [-0.4, -0.2) is 55.2 Å². The first-order chi connectivity index (χ1) is 10.5. The summed E-state index contributed by atoms with van der Waals surface area (Å²) in [6.45, 7) is 9.46. The summed E-state index contributed by atoms with van der Waals surface area (Å²) in [6.07, 6.45) is 0.00387. The van der Waals surface area contributed by atoms with Crippen molar-refractivity contribution in [3.05, 3.63) is 0 Å². The first kappa shape index (κ1) is 18.2. The van der Waals surface area contributed by atoms with Gasteiger partial charge in [0, 0.05) is 6.04 Å². The van der Waals surface area contributed by atoms with E-state index in [-0.39, 0.29) is 24.1 Å². The molecule has 2 aliphatic rings. The number of nitrogens with one attached hydrogen (secondary N) is 1. The van der Waals surface area contributed by atoms with Crippen LogP contribution in [0.1, 0.15) is 41.0 Å². The van der Waals surface area contributed by atoms with Gasteiger partial charge in [0.05, 0.1) is 19.6 Å². The molecule has 132 valence electrons. The molecule has 0 saturated carbocycles. The van der Waals surface area contributed by atoms with Crippen molar-refractivity contribution in [3.63, 3.8) is 0 Å². The van der Waals surface area contributed by atoms with Gasteiger partial charge in [-0.25, -0.2) is 0 Å². The van der Waals surface area contributed by atoms with Crippen molar-refractivity contribution in [2.45, 2.75) is 70.6 Å². The number of hydrogen-bond acceptors (Lipinski definition) is 7. The van der Waals surface area contributed by atoms with Gasteiger partial charge in [-0.3, -0.25) is 14.9 Å². The average molecular weight is 329 g/mol. The standard InChI is InChI=1S/C16H27NO6/c1-15(2,3)23-13(18)9-7-10(14(19)20-6)17-12(9)11-8-21-16(4,5)22-11/h9-12,17H,7-8H2,1-6H3/t9-,10-,11+,12+/m0/s1. The molecule has 7 nitrogen and oxygen atoms in total. The highest BCUT2D eigenvalue weighted by molar-refractivity contribution is 5.80. The smallest absolute Gasteiger partial charge is 0.322 e. The van der Waals surface area contributed by atoms with Gasteiger partial charge < -0.3 is 18.9 Å². The maximum absolute atomic E-state index is 12.5. The number of hydrogen-bond donors (Lipinski definition) is 1. The van der Waals surface area contributed by atoms with Gasteiger partial charge in [0.1, 0.15) is 17.7 Å². The van der Waals surface area contributed by atoms with Gasteiger partial charge in [0.15, 0.2) is 5.79 Å². The van der Waals surface area contributed by atoms with Crippen LogP contribution in [-0.2, 0) is 28.5 Å². The van der Waals surface area contributed by atoms with E-state index in [0.29, 0.717) is 13.0 Å². The summed E-state index contributed by atoms with van der Waals surface area (Å²) in [5.74, 6) is -1.91. The Bertz CT molecular complexity index is 470. The maximum atomic E-state index is 12.5. The average Bonchev–Trinajstić information content (AvgIpc) is 2.99. The van der Waals surface area contributed by atoms with Gasteiger partial charge in [-0.15, -0.1) is 0 Å². The minimum absolute atomic E-state index is 0.322. The van der Waals surface area contributed by atoms with Crippen LogP contribution in [0.25, 0.3) is 0 Å². The second kappa shape index (κ2) is 6.37. The number of esters is 2. The van der Waals surface area contributed by atoms with Crippen LogP contribution in [0.3, 0.4) is 0 Å². The molecule has 0 aromatic rings. The van der Waals surface area contributed by atoms with E-state index in [1.807, 2.05) is 34.6 Å². The van der Waals surface area contributed by atoms with E-state index < -0.39 is 23.3 Å². The van der Waals surface area contributed by atoms with Crippen molar-refractivity contribution in [3.8, 4) is 0 Å². The molecule has 0 amide bonds. The zero-order valence-electron chi connectivity index (χ0n) is 14.7. The van der Waals surface area contributed by atoms with Gasteiger partial charge in [-0.2, -0.15) is 0 Å². The Kier molecular flexibility index (Phi) is 5.03. The molecule has 23 heavy (non-hydrogen) atoms. The molecule has 4 atom stereocenters. The van der Waals surface area contributed by atoms with Gasteiger partial charge in [-0.05, 0) is 41.0 Å². The Labute approximate surface area is 137 Å². The lowest BCUT2D eigenvalue weighted by Crippen LogP contribution is -2.47. The van der Waals surface area contributed by atoms with E-state index in [1.54, 1.807) is 0 Å². The van der Waals surface area contributed by atoms with E-state index in [2.05, 4.69) is 5.32 Å². The summed E-state index contributed by atoms with van der Waals surface area (Å²) in [5, 5.41) is 3.16. The van der Waals surface area contributed by atoms with E-state index >= 15 is 0 Å². The van der Waals surface area contributed by atoms with Crippen LogP contribution in [0.2, 0.25) is 0 Å². The Morgan fingerprint density at radius 2 is 1.87 bits per heavy atom. The van der Waals surface area contributed by atoms with E-state index in [0.717, 1.165) is 0 Å². The third kappa shape index (κ3) is 4.43. The molecule has 2 aliphatic heterocycles. The SMILES string of the molecule is COC(=O)[C@@H]1C[C@H](C(=O)OC(C)(C)C)[C@H]([C@H]2COC(C)(C)O2)N1. The summed E-state index contributed by atoms with van der Waals surface area (Å²) < 4.78 is 21.7. The lowest BCUT2D eigenvalue weighted by molar-refractivity contribution is -0.164. The van der Waals surface area contributed by atoms with E-state index in [9.17, 15) is 9.59 Å². The zero-order valence-corrected chi connectivity index (χ0v) is 14.7. The molecule has 0 aromatic carbocycles. The number of carbonyl (C=O) groups is 2. The predicted molar refractivity (Wildman–Crippen MR) is 81.6 cm³/mol. The molecule has 0 spiro atoms. The molecule has 0 aliphatic carbocycles. The molecule has 7 heteroatoms. The third-order valence-electron chi connectivity index (χ3n) is 3.94. The molecular weight excluding hydrogens is 302 g/mol. The Morgan fingerprint density at radius 1 is 1.22 bits per heavy atom. The number of ether oxygens (including phenoxy) is 4. The summed E-state index contributed by atoms with van der Waals surface area (Å²) in [6, 6.07) is -0.898. The normalized spacial score (nSPS) is 33.5. The summed E-state index contributed by atoms with van der Waals surface area (Å²) in [5.41, 5.74) is -0.586. The molecule has 2 rings (SSSR count). The summed E-state index contributed by atoms with van der Waals surface area (Å²) in [7, 11) is 1.33. The topological polar surface area (TPSA) is 83.1 Å². The Hall–Kier alpha value is -1.18. The first-order valence-electron chi connectivity index (χ1n) is 7.91. The fourth-order valence-corrected chi connectivity index (χ4v) is 3.00. The van der Waals surface area contributed by atoms with Gasteiger partial charge in [0.2, 0.25) is 0 Å². The molecule has 2 heterocycles. The maximum Gasteiger partial charge on any atom is 0.322 e. The van der Waals surface area contributed by atoms with Crippen LogP contribution in [0.15, 0.2) is 0 Å². The fourth-order valence-electron chi connectivity index (χ4n) is 3.00. The van der Waals surface area contributed by atoms with Crippen molar-refractivity contribution in [1.29, 1.82) is 0 Å². The summed E-state index contributed by atoms with van der Waals surface area (Å²) in [4.78, 5) is 24.4. The molecule has 2 saturated heterocycles. The summed E-state index contributed by atoms with van der Waals surface area (Å²) >= 11 is 0. The van der Waals surface area contributed by atoms with E-state index in [1.165, 1.54) is 7.11 Å². The molecule has 0 radical (unpaired) electrons. The zero-order chi connectivity index (χ0) is 17.4. The van der Waals surface area contributed by atoms with Gasteiger partial charge in [0.25, 0.3) is 0 Å². The second-order valence-corrected chi connectivity index (χ2v) is 7.51. The molecule has 1 N–H and O–H groups in total. The molecule has 0 aromatic heterocycles. The van der Waals surface area contributed by atoms with Crippen LogP contribution < -0.4 is 5.32 Å². The van der Waals surface area contributed by atoms with Crippen LogP contribution in [0.5, 0.6) is 0 Å². The first-order valence-corrected chi connectivity index (χ1v) is 7.91. The van der Waals surface area contributed by atoms with Crippen LogP contribution in [0, 0.1) is 5.92 Å². The lowest BCUT2D eigenvalue weighted by atomic mass is 9.95. The molecular formula is C16H27NO6. The number of rotatable bonds is 3. The predicted octanol–water partition coefficient (Wildman–Crippen LogP) is 0.999. The Morgan fingerprint density at radius 3 is 2.35 bits per heavy atom. The quantitative estimate of drug-likeness (QED) is 0.773. The highest BCUT2D eigenvalue weighted by Gasteiger charge is 2.50. The third-order valence-corrected chi connectivity index (χ3v) is 3.94. The van der Waals surface area contributed by atoms with Gasteiger partial charge in [-0.1, -0.05) is 0 Å². The van der Waals surface area contributed by atoms with Crippen LogP contribution in [0.4, 0.5) is 0 Å². The van der Waals surface area contributed by atoms with Crippen molar-refractivity contribution in [2.75, 3.05) is 13.7 Å². The van der Waals surface area contributed by atoms with Gasteiger partial charge >= 0.3 is 11.9 Å². The molecule has 0 unspecified atom stereocenters. The highest BCUT2D eigenvalue weighted by Crippen LogP contribution is 2.33. The second-order valence-electron chi connectivity index (χ2n) is 7.51. The number of methoxy groups -OCH3 is 1. The lowest BCUT2D eigenvalue weighted by Gasteiger charge is -2.27. The minimum Gasteiger partial charge on any atom is -0.468 e. The van der Waals surface area contributed by atoms with E-state index in [4.69, 9.17) is 18.9 Å². The molecule has 2 fully saturated rings. The minimum atomic E-state index is -0.700. The monoisotopic (exact) mass is 329 g/mol. The molecule has 0 bridgehead atoms. The van der Waals surface area contributed by atoms with Crippen LogP contribution >= 0.6 is 0 Å². The largest absolute Gasteiger partial charge is 0.468 e. The van der Waals surface area contributed by atoms with Crippen molar-refractivity contribution in [2.24, 2.45) is 5.92 Å². The number of carbonyl (C=O) groups excluding carboxylic acids is 2. The van der Waals surface area contributed by atoms with Crippen molar-refractivity contribution in [1.82, 2.24) is 5.32 Å². The van der Waals surface area contributed by atoms with Crippen molar-refractivity contribution < 1.29 is 28.5 Å². The van der Waals surface area contributed by atoms with Crippen molar-refractivity contribution >= 4 is 11.9 Å². The highest BCUT2D eigenvalue weighted by atomic mass is 16.7. The Balaban J connectivity index is 2.15. The fraction of sp³-hybridized carbons (Fsp3) is 0.875.